The van der Waals surface area contributed by atoms with Crippen molar-refractivity contribution in [3.8, 4) is 0 Å². The first-order valence-electron chi connectivity index (χ1n) is 6.67. The molecule has 0 saturated carbocycles. The van der Waals surface area contributed by atoms with Gasteiger partial charge in [-0.25, -0.2) is 0 Å². The van der Waals surface area contributed by atoms with E-state index >= 15 is 0 Å². The fraction of sp³-hybridized carbons (Fsp3) is 1.00. The highest BCUT2D eigenvalue weighted by Crippen LogP contribution is 2.48. The molecule has 0 fully saturated rings. The van der Waals surface area contributed by atoms with Crippen molar-refractivity contribution < 1.29 is 13.3 Å². The number of hydrogen-bond donors (Lipinski definition) is 0. The smallest absolute Gasteiger partial charge is 0.318 e. The van der Waals surface area contributed by atoms with E-state index in [1.165, 1.54) is 12.8 Å². The summed E-state index contributed by atoms with van der Waals surface area (Å²) in [6.07, 6.45) is 5.51. The largest absolute Gasteiger partial charge is 0.351 e. The molecule has 0 aromatic carbocycles. The van der Waals surface area contributed by atoms with Crippen LogP contribution in [-0.2, 0) is 13.3 Å². The van der Waals surface area contributed by atoms with Crippen LogP contribution >= 0.6 is 7.60 Å². The molecular weight excluding hydrogens is 251 g/mol. The maximum Gasteiger partial charge on any atom is 0.318 e. The molecule has 5 heteroatoms. The summed E-state index contributed by atoms with van der Waals surface area (Å²) in [5.41, 5.74) is 0. The molecule has 3 nitrogen and oxygen atoms in total. The molecule has 0 saturated heterocycles. The van der Waals surface area contributed by atoms with Crippen molar-refractivity contribution in [2.24, 2.45) is 0 Å². The van der Waals surface area contributed by atoms with Gasteiger partial charge in [0.25, 0.3) is 0 Å². The van der Waals surface area contributed by atoms with Gasteiger partial charge < -0.3 is 8.74 Å². The molecule has 2 atom stereocenters. The third-order valence-electron chi connectivity index (χ3n) is 2.37. The standard InChI is InChI=1S/C12H29O3PSi/c1-7-9-10-11-12(8-2)14-16(3,13)15-17(4,5)6/h12H,7-11H2,1-6H3. The minimum Gasteiger partial charge on any atom is -0.351 e. The molecule has 0 bridgehead atoms. The molecule has 0 aromatic rings. The van der Waals surface area contributed by atoms with Crippen molar-refractivity contribution in [2.75, 3.05) is 6.66 Å². The first-order valence-corrected chi connectivity index (χ1v) is 12.1. The third-order valence-corrected chi connectivity index (χ3v) is 6.56. The molecule has 17 heavy (non-hydrogen) atoms. The molecule has 0 radical (unpaired) electrons. The van der Waals surface area contributed by atoms with Crippen molar-refractivity contribution in [1.29, 1.82) is 0 Å². The van der Waals surface area contributed by atoms with Crippen LogP contribution < -0.4 is 0 Å². The summed E-state index contributed by atoms with van der Waals surface area (Å²) in [5, 5.41) is 0. The molecule has 0 aliphatic rings. The SMILES string of the molecule is CCCCCC(CC)OP(C)(=O)O[Si](C)(C)C. The van der Waals surface area contributed by atoms with Crippen LogP contribution in [0.3, 0.4) is 0 Å². The molecule has 104 valence electrons. The lowest BCUT2D eigenvalue weighted by atomic mass is 10.1. The van der Waals surface area contributed by atoms with Crippen LogP contribution in [0.15, 0.2) is 0 Å². The average molecular weight is 280 g/mol. The van der Waals surface area contributed by atoms with E-state index < -0.39 is 15.9 Å². The van der Waals surface area contributed by atoms with Crippen molar-refractivity contribution in [3.63, 3.8) is 0 Å². The van der Waals surface area contributed by atoms with E-state index in [1.807, 2.05) is 19.6 Å². The van der Waals surface area contributed by atoms with Gasteiger partial charge in [-0.05, 0) is 32.5 Å². The maximum atomic E-state index is 12.2. The summed E-state index contributed by atoms with van der Waals surface area (Å²) in [6.45, 7) is 12.0. The van der Waals surface area contributed by atoms with E-state index in [2.05, 4.69) is 13.8 Å². The Morgan fingerprint density at radius 2 is 1.76 bits per heavy atom. The zero-order chi connectivity index (χ0) is 13.5. The second-order valence-corrected chi connectivity index (χ2v) is 12.3. The maximum absolute atomic E-state index is 12.2. The predicted octanol–water partition coefficient (Wildman–Crippen LogP) is 5.04. The second kappa shape index (κ2) is 7.73. The Morgan fingerprint density at radius 3 is 2.18 bits per heavy atom. The van der Waals surface area contributed by atoms with Crippen LogP contribution in [0, 0.1) is 0 Å². The van der Waals surface area contributed by atoms with E-state index in [0.29, 0.717) is 0 Å². The van der Waals surface area contributed by atoms with Crippen LogP contribution in [0.2, 0.25) is 19.6 Å². The lowest BCUT2D eigenvalue weighted by Gasteiger charge is -2.26. The van der Waals surface area contributed by atoms with E-state index in [0.717, 1.165) is 19.3 Å². The number of hydrogen-bond acceptors (Lipinski definition) is 3. The molecular formula is C12H29O3PSi. The summed E-state index contributed by atoms with van der Waals surface area (Å²) < 4.78 is 23.5. The van der Waals surface area contributed by atoms with Crippen molar-refractivity contribution in [3.05, 3.63) is 0 Å². The lowest BCUT2D eigenvalue weighted by molar-refractivity contribution is 0.163. The summed E-state index contributed by atoms with van der Waals surface area (Å²) in [5.74, 6) is 0. The highest BCUT2D eigenvalue weighted by molar-refractivity contribution is 7.54. The number of unbranched alkanes of at least 4 members (excludes halogenated alkanes) is 2. The zero-order valence-corrected chi connectivity index (χ0v) is 14.2. The van der Waals surface area contributed by atoms with Gasteiger partial charge in [0.15, 0.2) is 8.32 Å². The Balaban J connectivity index is 4.20. The summed E-state index contributed by atoms with van der Waals surface area (Å²) >= 11 is 0. The Kier molecular flexibility index (Phi) is 7.89. The zero-order valence-electron chi connectivity index (χ0n) is 12.3. The van der Waals surface area contributed by atoms with Gasteiger partial charge in [-0.15, -0.1) is 0 Å². The molecule has 0 N–H and O–H groups in total. The quantitative estimate of drug-likeness (QED) is 0.337. The molecule has 0 aromatic heterocycles. The van der Waals surface area contributed by atoms with Gasteiger partial charge in [0, 0.05) is 6.66 Å². The van der Waals surface area contributed by atoms with E-state index in [9.17, 15) is 4.57 Å². The minimum absolute atomic E-state index is 0.0775. The molecule has 0 heterocycles. The van der Waals surface area contributed by atoms with Gasteiger partial charge in [-0.2, -0.15) is 0 Å². The summed E-state index contributed by atoms with van der Waals surface area (Å²) in [7, 11) is -4.67. The van der Waals surface area contributed by atoms with Crippen LogP contribution in [-0.4, -0.2) is 21.1 Å². The summed E-state index contributed by atoms with van der Waals surface area (Å²) in [6, 6.07) is 0. The van der Waals surface area contributed by atoms with Gasteiger partial charge in [0.05, 0.1) is 6.10 Å². The first kappa shape index (κ1) is 17.4. The third kappa shape index (κ3) is 10.0. The molecule has 0 aliphatic heterocycles. The van der Waals surface area contributed by atoms with Crippen molar-refractivity contribution in [1.82, 2.24) is 0 Å². The predicted molar refractivity (Wildman–Crippen MR) is 77.3 cm³/mol. The average Bonchev–Trinajstić information content (AvgIpc) is 2.12. The Bertz CT molecular complexity index is 251. The molecule has 0 aliphatic carbocycles. The van der Waals surface area contributed by atoms with Gasteiger partial charge in [0.2, 0.25) is 0 Å². The Labute approximate surface area is 108 Å². The molecule has 0 amide bonds. The lowest BCUT2D eigenvalue weighted by Crippen LogP contribution is -2.25. The van der Waals surface area contributed by atoms with Crippen LogP contribution in [0.25, 0.3) is 0 Å². The highest BCUT2D eigenvalue weighted by Gasteiger charge is 2.29. The summed E-state index contributed by atoms with van der Waals surface area (Å²) in [4.78, 5) is 0. The topological polar surface area (TPSA) is 35.5 Å². The van der Waals surface area contributed by atoms with Gasteiger partial charge in [-0.3, -0.25) is 4.57 Å². The highest BCUT2D eigenvalue weighted by atomic mass is 31.2. The van der Waals surface area contributed by atoms with Crippen LogP contribution in [0.1, 0.15) is 46.0 Å². The monoisotopic (exact) mass is 280 g/mol. The second-order valence-electron chi connectivity index (χ2n) is 5.61. The van der Waals surface area contributed by atoms with Crippen LogP contribution in [0.5, 0.6) is 0 Å². The fourth-order valence-corrected chi connectivity index (χ4v) is 6.69. The van der Waals surface area contributed by atoms with E-state index in [1.54, 1.807) is 6.66 Å². The minimum atomic E-state index is -2.87. The van der Waals surface area contributed by atoms with E-state index in [4.69, 9.17) is 8.74 Å². The Hall–Kier alpha value is 0.367. The molecule has 0 rings (SSSR count). The van der Waals surface area contributed by atoms with Gasteiger partial charge in [-0.1, -0.05) is 33.1 Å². The van der Waals surface area contributed by atoms with Gasteiger partial charge >= 0.3 is 7.60 Å². The Morgan fingerprint density at radius 1 is 1.18 bits per heavy atom. The first-order chi connectivity index (χ1) is 7.70. The van der Waals surface area contributed by atoms with E-state index in [-0.39, 0.29) is 6.10 Å². The normalized spacial score (nSPS) is 17.8. The van der Waals surface area contributed by atoms with Crippen LogP contribution in [0.4, 0.5) is 0 Å². The number of rotatable bonds is 9. The fourth-order valence-electron chi connectivity index (χ4n) is 1.74. The van der Waals surface area contributed by atoms with Crippen molar-refractivity contribution in [2.45, 2.75) is 71.7 Å². The molecule has 0 spiro atoms. The molecule has 2 unspecified atom stereocenters. The van der Waals surface area contributed by atoms with Gasteiger partial charge in [0.1, 0.15) is 0 Å². The van der Waals surface area contributed by atoms with Crippen molar-refractivity contribution >= 4 is 15.9 Å².